The fourth-order valence-corrected chi connectivity index (χ4v) is 5.39. The SMILES string of the molecule is CC(c1ccc(F)cc1)c1cnc(C2=CCN(c3ncnn4cc(-c5cnn(C6CCC6)c5)cc34)CC2)nc1. The monoisotopic (exact) mass is 520 g/mol. The first-order valence-corrected chi connectivity index (χ1v) is 13.5. The molecule has 39 heavy (non-hydrogen) atoms. The Morgan fingerprint density at radius 2 is 1.74 bits per heavy atom. The molecule has 1 unspecified atom stereocenters. The number of fused-ring (bicyclic) bond motifs is 1. The minimum absolute atomic E-state index is 0.0927. The van der Waals surface area contributed by atoms with Crippen molar-refractivity contribution in [3.05, 3.63) is 96.5 Å². The van der Waals surface area contributed by atoms with E-state index in [4.69, 9.17) is 0 Å². The highest BCUT2D eigenvalue weighted by Crippen LogP contribution is 2.34. The molecule has 1 fully saturated rings. The Hall–Kier alpha value is -4.40. The summed E-state index contributed by atoms with van der Waals surface area (Å²) in [4.78, 5) is 16.2. The minimum Gasteiger partial charge on any atom is -0.351 e. The van der Waals surface area contributed by atoms with Crippen LogP contribution in [0.15, 0.2) is 73.7 Å². The first-order chi connectivity index (χ1) is 19.1. The molecule has 8 nitrogen and oxygen atoms in total. The van der Waals surface area contributed by atoms with E-state index in [2.05, 4.69) is 66.2 Å². The van der Waals surface area contributed by atoms with Crippen molar-refractivity contribution in [2.24, 2.45) is 0 Å². The third kappa shape index (κ3) is 4.47. The number of hydrogen-bond acceptors (Lipinski definition) is 6. The van der Waals surface area contributed by atoms with Crippen LogP contribution in [0.25, 0.3) is 22.2 Å². The molecule has 0 saturated heterocycles. The zero-order valence-corrected chi connectivity index (χ0v) is 21.8. The molecule has 0 N–H and O–H groups in total. The number of anilines is 1. The molecule has 1 aliphatic carbocycles. The highest BCUT2D eigenvalue weighted by atomic mass is 19.1. The quantitative estimate of drug-likeness (QED) is 0.286. The van der Waals surface area contributed by atoms with Crippen molar-refractivity contribution < 1.29 is 4.39 Å². The predicted molar refractivity (Wildman–Crippen MR) is 148 cm³/mol. The van der Waals surface area contributed by atoms with Gasteiger partial charge >= 0.3 is 0 Å². The van der Waals surface area contributed by atoms with Gasteiger partial charge in [0, 0.05) is 54.9 Å². The molecule has 1 saturated carbocycles. The van der Waals surface area contributed by atoms with Crippen molar-refractivity contribution >= 4 is 16.9 Å². The normalized spacial score (nSPS) is 16.8. The molecule has 5 aromatic rings. The van der Waals surface area contributed by atoms with Crippen LogP contribution in [-0.4, -0.2) is 47.4 Å². The summed E-state index contributed by atoms with van der Waals surface area (Å²) >= 11 is 0. The van der Waals surface area contributed by atoms with Gasteiger partial charge < -0.3 is 4.90 Å². The van der Waals surface area contributed by atoms with Gasteiger partial charge in [0.25, 0.3) is 0 Å². The lowest BCUT2D eigenvalue weighted by Gasteiger charge is -2.27. The van der Waals surface area contributed by atoms with Crippen molar-refractivity contribution in [1.29, 1.82) is 0 Å². The van der Waals surface area contributed by atoms with Gasteiger partial charge in [0.05, 0.1) is 12.2 Å². The maximum absolute atomic E-state index is 13.3. The van der Waals surface area contributed by atoms with E-state index >= 15 is 0 Å². The van der Waals surface area contributed by atoms with Crippen LogP contribution in [-0.2, 0) is 0 Å². The van der Waals surface area contributed by atoms with Crippen molar-refractivity contribution in [3.8, 4) is 11.1 Å². The summed E-state index contributed by atoms with van der Waals surface area (Å²) in [6.45, 7) is 3.62. The summed E-state index contributed by atoms with van der Waals surface area (Å²) < 4.78 is 17.3. The molecule has 5 heterocycles. The summed E-state index contributed by atoms with van der Waals surface area (Å²) in [6.07, 6.45) is 18.2. The van der Waals surface area contributed by atoms with Gasteiger partial charge in [-0.05, 0) is 60.6 Å². The average Bonchev–Trinajstić information content (AvgIpc) is 3.60. The Bertz CT molecular complexity index is 1650. The smallest absolute Gasteiger partial charge is 0.156 e. The summed E-state index contributed by atoms with van der Waals surface area (Å²) in [5.74, 6) is 1.54. The largest absolute Gasteiger partial charge is 0.351 e. The van der Waals surface area contributed by atoms with E-state index in [1.807, 2.05) is 35.2 Å². The fourth-order valence-electron chi connectivity index (χ4n) is 5.39. The van der Waals surface area contributed by atoms with E-state index in [0.29, 0.717) is 6.04 Å². The third-order valence-corrected chi connectivity index (χ3v) is 8.11. The number of hydrogen-bond donors (Lipinski definition) is 0. The van der Waals surface area contributed by atoms with Crippen LogP contribution < -0.4 is 4.90 Å². The van der Waals surface area contributed by atoms with Gasteiger partial charge in [-0.2, -0.15) is 10.2 Å². The van der Waals surface area contributed by atoms with Gasteiger partial charge in [0.2, 0.25) is 0 Å². The lowest BCUT2D eigenvalue weighted by molar-refractivity contribution is 0.289. The Labute approximate surface area is 225 Å². The number of aromatic nitrogens is 7. The van der Waals surface area contributed by atoms with E-state index in [1.165, 1.54) is 31.4 Å². The lowest BCUT2D eigenvalue weighted by Crippen LogP contribution is -2.29. The summed E-state index contributed by atoms with van der Waals surface area (Å²) in [5.41, 5.74) is 6.37. The molecule has 0 radical (unpaired) electrons. The fraction of sp³-hybridized carbons (Fsp3) is 0.300. The van der Waals surface area contributed by atoms with Crippen LogP contribution >= 0.6 is 0 Å². The molecule has 196 valence electrons. The average molecular weight is 521 g/mol. The standard InChI is InChI=1S/C30H29FN8/c1-20(21-5-7-26(31)8-6-21)24-14-32-29(33-15-24)22-9-11-37(12-10-22)30-28-13-23(17-39(28)36-19-34-30)25-16-35-38(18-25)27-3-2-4-27/h5-9,13-20,27H,2-4,10-12H2,1H3. The second-order valence-corrected chi connectivity index (χ2v) is 10.5. The summed E-state index contributed by atoms with van der Waals surface area (Å²) in [7, 11) is 0. The van der Waals surface area contributed by atoms with Gasteiger partial charge in [-0.15, -0.1) is 0 Å². The van der Waals surface area contributed by atoms with Gasteiger partial charge in [-0.25, -0.2) is 23.9 Å². The molecule has 7 rings (SSSR count). The van der Waals surface area contributed by atoms with Gasteiger partial charge in [0.15, 0.2) is 11.6 Å². The molecule has 1 aliphatic heterocycles. The van der Waals surface area contributed by atoms with Gasteiger partial charge in [-0.1, -0.05) is 25.1 Å². The number of halogens is 1. The van der Waals surface area contributed by atoms with E-state index in [1.54, 1.807) is 6.33 Å². The second kappa shape index (κ2) is 9.72. The molecule has 0 spiro atoms. The molecule has 1 atom stereocenters. The number of nitrogens with zero attached hydrogens (tertiary/aromatic N) is 8. The molecule has 9 heteroatoms. The predicted octanol–water partition coefficient (Wildman–Crippen LogP) is 5.69. The van der Waals surface area contributed by atoms with Gasteiger partial charge in [-0.3, -0.25) is 4.68 Å². The van der Waals surface area contributed by atoms with Crippen molar-refractivity contribution in [2.75, 3.05) is 18.0 Å². The van der Waals surface area contributed by atoms with Crippen LogP contribution in [0.5, 0.6) is 0 Å². The lowest BCUT2D eigenvalue weighted by atomic mass is 9.93. The summed E-state index contributed by atoms with van der Waals surface area (Å²) in [6, 6.07) is 9.30. The molecule has 4 aromatic heterocycles. The molecular formula is C30H29FN8. The van der Waals surface area contributed by atoms with E-state index in [9.17, 15) is 4.39 Å². The van der Waals surface area contributed by atoms with Crippen LogP contribution in [0.1, 0.15) is 61.5 Å². The van der Waals surface area contributed by atoms with Gasteiger partial charge in [0.1, 0.15) is 17.7 Å². The Kier molecular flexibility index (Phi) is 5.91. The molecule has 2 aliphatic rings. The van der Waals surface area contributed by atoms with Crippen molar-refractivity contribution in [1.82, 2.24) is 34.3 Å². The van der Waals surface area contributed by atoms with Crippen LogP contribution in [0, 0.1) is 5.82 Å². The zero-order chi connectivity index (χ0) is 26.3. The molecule has 0 amide bonds. The Morgan fingerprint density at radius 3 is 2.46 bits per heavy atom. The zero-order valence-electron chi connectivity index (χ0n) is 21.8. The van der Waals surface area contributed by atoms with Crippen LogP contribution in [0.4, 0.5) is 10.2 Å². The number of rotatable bonds is 6. The van der Waals surface area contributed by atoms with E-state index < -0.39 is 0 Å². The van der Waals surface area contributed by atoms with Crippen LogP contribution in [0.2, 0.25) is 0 Å². The highest BCUT2D eigenvalue weighted by molar-refractivity contribution is 5.78. The summed E-state index contributed by atoms with van der Waals surface area (Å²) in [5, 5.41) is 9.06. The van der Waals surface area contributed by atoms with Crippen LogP contribution in [0.3, 0.4) is 0 Å². The Morgan fingerprint density at radius 1 is 0.923 bits per heavy atom. The maximum atomic E-state index is 13.3. The number of benzene rings is 1. The second-order valence-electron chi connectivity index (χ2n) is 10.5. The molecule has 0 bridgehead atoms. The maximum Gasteiger partial charge on any atom is 0.156 e. The minimum atomic E-state index is -0.229. The Balaban J connectivity index is 1.08. The van der Waals surface area contributed by atoms with E-state index in [0.717, 1.165) is 64.5 Å². The van der Waals surface area contributed by atoms with Crippen molar-refractivity contribution in [2.45, 2.75) is 44.6 Å². The first kappa shape index (κ1) is 23.7. The molecule has 1 aromatic carbocycles. The highest BCUT2D eigenvalue weighted by Gasteiger charge is 2.22. The van der Waals surface area contributed by atoms with E-state index in [-0.39, 0.29) is 11.7 Å². The van der Waals surface area contributed by atoms with Crippen molar-refractivity contribution in [3.63, 3.8) is 0 Å². The topological polar surface area (TPSA) is 77.0 Å². The molecular weight excluding hydrogens is 491 g/mol. The third-order valence-electron chi connectivity index (χ3n) is 8.11. The first-order valence-electron chi connectivity index (χ1n) is 13.5.